The minimum Gasteiger partial charge on any atom is -0.446 e. The summed E-state index contributed by atoms with van der Waals surface area (Å²) in [6.07, 6.45) is -0.717. The van der Waals surface area contributed by atoms with E-state index in [0.717, 1.165) is 4.31 Å². The van der Waals surface area contributed by atoms with E-state index in [1.54, 1.807) is 13.8 Å². The van der Waals surface area contributed by atoms with E-state index in [1.807, 2.05) is 11.6 Å². The predicted octanol–water partition coefficient (Wildman–Crippen LogP) is 1.32. The Hall–Kier alpha value is -0.530. The molecule has 17 heavy (non-hydrogen) atoms. The molecule has 0 aromatic rings. The van der Waals surface area contributed by atoms with Crippen LogP contribution in [0.1, 0.15) is 27.2 Å². The van der Waals surface area contributed by atoms with Crippen molar-refractivity contribution in [2.45, 2.75) is 33.3 Å². The molecule has 0 aliphatic heterocycles. The topological polar surface area (TPSA) is 75.7 Å². The fourth-order valence-electron chi connectivity index (χ4n) is 1.10. The average molecular weight is 287 g/mol. The zero-order valence-corrected chi connectivity index (χ0v) is 11.8. The summed E-state index contributed by atoms with van der Waals surface area (Å²) >= 11 is 5.51. The van der Waals surface area contributed by atoms with E-state index in [2.05, 4.69) is 0 Å². The molecule has 0 radical (unpaired) electrons. The van der Waals surface area contributed by atoms with Crippen molar-refractivity contribution in [3.8, 4) is 0 Å². The largest absolute Gasteiger partial charge is 0.446 e. The van der Waals surface area contributed by atoms with Gasteiger partial charge < -0.3 is 4.74 Å². The third kappa shape index (κ3) is 6.70. The number of amides is 1. The molecule has 0 rings (SSSR count). The lowest BCUT2D eigenvalue weighted by Gasteiger charge is -2.20. The Balaban J connectivity index is 4.56. The molecule has 0 aromatic heterocycles. The number of carbonyl (C=O) groups excluding carboxylic acids is 1. The van der Waals surface area contributed by atoms with Crippen LogP contribution < -0.4 is 4.72 Å². The second-order valence-electron chi connectivity index (χ2n) is 3.65. The van der Waals surface area contributed by atoms with Crippen molar-refractivity contribution in [1.29, 1.82) is 0 Å². The van der Waals surface area contributed by atoms with E-state index in [9.17, 15) is 13.2 Å². The number of nitrogens with one attached hydrogen (secondary N) is 1. The quantitative estimate of drug-likeness (QED) is 0.716. The first-order chi connectivity index (χ1) is 7.83. The molecule has 102 valence electrons. The summed E-state index contributed by atoms with van der Waals surface area (Å²) < 4.78 is 31.2. The van der Waals surface area contributed by atoms with Crippen LogP contribution in [0.5, 0.6) is 0 Å². The number of alkyl halides is 1. The van der Waals surface area contributed by atoms with Crippen molar-refractivity contribution in [2.24, 2.45) is 0 Å². The van der Waals surface area contributed by atoms with Gasteiger partial charge in [0, 0.05) is 19.0 Å². The van der Waals surface area contributed by atoms with Gasteiger partial charge >= 0.3 is 16.3 Å². The number of rotatable bonds is 7. The summed E-state index contributed by atoms with van der Waals surface area (Å²) in [6, 6.07) is 0. The smallest absolute Gasteiger partial charge is 0.422 e. The maximum Gasteiger partial charge on any atom is 0.422 e. The molecule has 6 nitrogen and oxygen atoms in total. The van der Waals surface area contributed by atoms with E-state index in [4.69, 9.17) is 16.3 Å². The summed E-state index contributed by atoms with van der Waals surface area (Å²) in [5.41, 5.74) is 0. The summed E-state index contributed by atoms with van der Waals surface area (Å²) in [5, 5.41) is 0. The van der Waals surface area contributed by atoms with E-state index in [0.29, 0.717) is 13.0 Å². The van der Waals surface area contributed by atoms with Gasteiger partial charge in [0.15, 0.2) is 0 Å². The van der Waals surface area contributed by atoms with Gasteiger partial charge in [-0.1, -0.05) is 6.92 Å². The Labute approximate surface area is 107 Å². The predicted molar refractivity (Wildman–Crippen MR) is 66.3 cm³/mol. The van der Waals surface area contributed by atoms with Crippen LogP contribution in [-0.2, 0) is 14.9 Å². The summed E-state index contributed by atoms with van der Waals surface area (Å²) in [7, 11) is -3.87. The Kier molecular flexibility index (Phi) is 7.49. The van der Waals surface area contributed by atoms with Crippen molar-refractivity contribution in [3.05, 3.63) is 0 Å². The second-order valence-corrected chi connectivity index (χ2v) is 5.70. The van der Waals surface area contributed by atoms with Crippen LogP contribution in [0.25, 0.3) is 0 Å². The van der Waals surface area contributed by atoms with Gasteiger partial charge in [0.1, 0.15) is 0 Å². The Morgan fingerprint density at radius 1 is 1.41 bits per heavy atom. The molecular formula is C9H19ClN2O4S. The normalized spacial score (nSPS) is 11.9. The first-order valence-corrected chi connectivity index (χ1v) is 7.35. The van der Waals surface area contributed by atoms with Crippen LogP contribution in [0.3, 0.4) is 0 Å². The van der Waals surface area contributed by atoms with Crippen LogP contribution in [0.4, 0.5) is 4.79 Å². The highest BCUT2D eigenvalue weighted by atomic mass is 35.5. The number of halogens is 1. The van der Waals surface area contributed by atoms with Gasteiger partial charge in [0.2, 0.25) is 0 Å². The van der Waals surface area contributed by atoms with Crippen LogP contribution in [0, 0.1) is 0 Å². The fourth-order valence-corrected chi connectivity index (χ4v) is 2.55. The van der Waals surface area contributed by atoms with Crippen molar-refractivity contribution in [2.75, 3.05) is 19.0 Å². The van der Waals surface area contributed by atoms with E-state index in [-0.39, 0.29) is 18.5 Å². The van der Waals surface area contributed by atoms with Gasteiger partial charge in [-0.15, -0.1) is 11.6 Å². The van der Waals surface area contributed by atoms with Crippen molar-refractivity contribution < 1.29 is 17.9 Å². The number of nitrogens with zero attached hydrogens (tertiary/aromatic N) is 1. The standard InChI is InChI=1S/C9H19ClN2O4S/c1-4-6-12(7-5-10)17(14,15)11-9(13)16-8(2)3/h8H,4-7H2,1-3H3,(H,11,13). The van der Waals surface area contributed by atoms with Gasteiger partial charge in [-0.2, -0.15) is 12.7 Å². The lowest BCUT2D eigenvalue weighted by Crippen LogP contribution is -2.45. The monoisotopic (exact) mass is 286 g/mol. The number of hydrogen-bond acceptors (Lipinski definition) is 4. The molecule has 0 aliphatic carbocycles. The van der Waals surface area contributed by atoms with Crippen LogP contribution in [-0.4, -0.2) is 43.9 Å². The minimum atomic E-state index is -3.87. The fraction of sp³-hybridized carbons (Fsp3) is 0.889. The maximum atomic E-state index is 11.8. The van der Waals surface area contributed by atoms with Crippen molar-refractivity contribution >= 4 is 27.9 Å². The molecule has 1 amide bonds. The van der Waals surface area contributed by atoms with Crippen molar-refractivity contribution in [1.82, 2.24) is 9.03 Å². The lowest BCUT2D eigenvalue weighted by atomic mass is 10.5. The maximum absolute atomic E-state index is 11.8. The lowest BCUT2D eigenvalue weighted by molar-refractivity contribution is 0.121. The SMILES string of the molecule is CCCN(CCCl)S(=O)(=O)NC(=O)OC(C)C. The summed E-state index contributed by atoms with van der Waals surface area (Å²) in [4.78, 5) is 11.2. The van der Waals surface area contributed by atoms with Crippen molar-refractivity contribution in [3.63, 3.8) is 0 Å². The van der Waals surface area contributed by atoms with E-state index < -0.39 is 16.3 Å². The molecule has 0 fully saturated rings. The van der Waals surface area contributed by atoms with Crippen LogP contribution in [0.15, 0.2) is 0 Å². The molecule has 0 aliphatic rings. The van der Waals surface area contributed by atoms with Crippen LogP contribution in [0.2, 0.25) is 0 Å². The Morgan fingerprint density at radius 3 is 2.41 bits per heavy atom. The van der Waals surface area contributed by atoms with E-state index >= 15 is 0 Å². The Morgan fingerprint density at radius 2 is 2.00 bits per heavy atom. The molecule has 8 heteroatoms. The highest BCUT2D eigenvalue weighted by Crippen LogP contribution is 2.01. The van der Waals surface area contributed by atoms with Gasteiger partial charge in [-0.3, -0.25) is 0 Å². The number of carbonyl (C=O) groups is 1. The van der Waals surface area contributed by atoms with Gasteiger partial charge in [0.05, 0.1) is 6.10 Å². The average Bonchev–Trinajstić information content (AvgIpc) is 2.14. The molecule has 0 aromatic carbocycles. The third-order valence-corrected chi connectivity index (χ3v) is 3.34. The number of hydrogen-bond donors (Lipinski definition) is 1. The molecule has 0 heterocycles. The molecule has 1 N–H and O–H groups in total. The molecule has 0 atom stereocenters. The number of ether oxygens (including phenoxy) is 1. The summed E-state index contributed by atoms with van der Waals surface area (Å²) in [6.45, 7) is 5.56. The molecule has 0 spiro atoms. The Bertz CT molecular complexity index is 326. The molecule has 0 saturated carbocycles. The zero-order valence-electron chi connectivity index (χ0n) is 10.3. The molecule has 0 saturated heterocycles. The first-order valence-electron chi connectivity index (χ1n) is 5.38. The highest BCUT2D eigenvalue weighted by molar-refractivity contribution is 7.87. The molecule has 0 unspecified atom stereocenters. The third-order valence-electron chi connectivity index (χ3n) is 1.70. The highest BCUT2D eigenvalue weighted by Gasteiger charge is 2.23. The van der Waals surface area contributed by atoms with Crippen LogP contribution >= 0.6 is 11.6 Å². The second kappa shape index (κ2) is 7.73. The first kappa shape index (κ1) is 16.5. The zero-order chi connectivity index (χ0) is 13.5. The molecule has 0 bridgehead atoms. The minimum absolute atomic E-state index is 0.152. The summed E-state index contributed by atoms with van der Waals surface area (Å²) in [5.74, 6) is 0.167. The molecular weight excluding hydrogens is 268 g/mol. The van der Waals surface area contributed by atoms with E-state index in [1.165, 1.54) is 0 Å². The van der Waals surface area contributed by atoms with Gasteiger partial charge in [-0.25, -0.2) is 9.52 Å². The van der Waals surface area contributed by atoms with Gasteiger partial charge in [0.25, 0.3) is 0 Å². The van der Waals surface area contributed by atoms with Gasteiger partial charge in [-0.05, 0) is 20.3 Å².